The number of nitrogens with one attached hydrogen (secondary N) is 1. The Balaban J connectivity index is 1.42. The average molecular weight is 650 g/mol. The highest BCUT2D eigenvalue weighted by Gasteiger charge is 2.16. The second kappa shape index (κ2) is 16.5. The Hall–Kier alpha value is -2.55. The maximum absolute atomic E-state index is 5.55. The Morgan fingerprint density at radius 2 is 1.74 bits per heavy atom. The summed E-state index contributed by atoms with van der Waals surface area (Å²) in [6.07, 6.45) is 17.7. The van der Waals surface area contributed by atoms with Crippen LogP contribution in [0.4, 0.5) is 5.00 Å². The molecule has 0 saturated heterocycles. The van der Waals surface area contributed by atoms with Crippen LogP contribution in [0.2, 0.25) is 0 Å². The molecule has 43 heavy (non-hydrogen) atoms. The van der Waals surface area contributed by atoms with Crippen molar-refractivity contribution in [1.82, 2.24) is 0 Å². The predicted octanol–water partition coefficient (Wildman–Crippen LogP) is 11.6. The topological polar surface area (TPSA) is 30.5 Å². The van der Waals surface area contributed by atoms with E-state index in [1.807, 2.05) is 42.3 Å². The Bertz CT molecular complexity index is 1530. The number of methoxy groups -OCH3 is 2. The zero-order chi connectivity index (χ0) is 30.8. The molecule has 0 aliphatic carbocycles. The average Bonchev–Trinajstić information content (AvgIpc) is 3.80. The van der Waals surface area contributed by atoms with Gasteiger partial charge in [0, 0.05) is 43.5 Å². The van der Waals surface area contributed by atoms with E-state index < -0.39 is 0 Å². The molecule has 0 bridgehead atoms. The second-order valence-corrected chi connectivity index (χ2v) is 14.9. The zero-order valence-corrected chi connectivity index (χ0v) is 29.3. The summed E-state index contributed by atoms with van der Waals surface area (Å²) in [6, 6.07) is 13.1. The fraction of sp³-hybridized carbons (Fsp3) is 0.333. The number of allylic oxidation sites excluding steroid dienone is 8. The molecule has 3 aromatic heterocycles. The van der Waals surface area contributed by atoms with Crippen molar-refractivity contribution < 1.29 is 9.47 Å². The molecule has 3 aromatic rings. The van der Waals surface area contributed by atoms with Gasteiger partial charge in [0.2, 0.25) is 0 Å². The summed E-state index contributed by atoms with van der Waals surface area (Å²) in [7, 11) is 5.46. The Labute approximate surface area is 274 Å². The summed E-state index contributed by atoms with van der Waals surface area (Å²) in [6.45, 7) is 10.6. The third-order valence-corrected chi connectivity index (χ3v) is 12.3. The molecule has 1 aliphatic heterocycles. The number of thioether (sulfide) groups is 1. The predicted molar refractivity (Wildman–Crippen MR) is 196 cm³/mol. The molecule has 2 unspecified atom stereocenters. The highest BCUT2D eigenvalue weighted by atomic mass is 32.2. The molecule has 0 radical (unpaired) electrons. The van der Waals surface area contributed by atoms with Crippen LogP contribution < -0.4 is 10.1 Å². The van der Waals surface area contributed by atoms with Gasteiger partial charge in [0.1, 0.15) is 0 Å². The largest absolute Gasteiger partial charge is 0.487 e. The van der Waals surface area contributed by atoms with Gasteiger partial charge in [0.25, 0.3) is 0 Å². The van der Waals surface area contributed by atoms with Gasteiger partial charge < -0.3 is 14.8 Å². The summed E-state index contributed by atoms with van der Waals surface area (Å²) in [4.78, 5) is 8.02. The Morgan fingerprint density at radius 1 is 0.953 bits per heavy atom. The van der Waals surface area contributed by atoms with Gasteiger partial charge in [-0.2, -0.15) is 0 Å². The first-order valence-corrected chi connectivity index (χ1v) is 17.9. The van der Waals surface area contributed by atoms with Crippen molar-refractivity contribution in [2.45, 2.75) is 52.6 Å². The fourth-order valence-electron chi connectivity index (χ4n) is 4.88. The maximum atomic E-state index is 5.55. The number of hydrogen-bond donors (Lipinski definition) is 1. The van der Waals surface area contributed by atoms with E-state index in [0.717, 1.165) is 30.7 Å². The molecule has 0 fully saturated rings. The molecule has 4 heterocycles. The number of rotatable bonds is 15. The van der Waals surface area contributed by atoms with Crippen LogP contribution in [0.25, 0.3) is 16.1 Å². The molecule has 0 aromatic carbocycles. The smallest absolute Gasteiger partial charge is 0.173 e. The first-order valence-electron chi connectivity index (χ1n) is 14.6. The van der Waals surface area contributed by atoms with Crippen LogP contribution in [-0.2, 0) is 11.2 Å². The summed E-state index contributed by atoms with van der Waals surface area (Å²) < 4.78 is 11.0. The van der Waals surface area contributed by atoms with Crippen molar-refractivity contribution in [3.63, 3.8) is 0 Å². The monoisotopic (exact) mass is 649 g/mol. The number of aryl methyl sites for hydroxylation is 1. The lowest BCUT2D eigenvalue weighted by molar-refractivity contribution is 0.156. The van der Waals surface area contributed by atoms with Crippen LogP contribution in [0, 0.1) is 5.92 Å². The Kier molecular flexibility index (Phi) is 12.8. The molecule has 0 amide bonds. The molecule has 1 aliphatic rings. The molecule has 0 spiro atoms. The molecule has 1 N–H and O–H groups in total. The number of hydrogen-bond acceptors (Lipinski definition) is 7. The molecule has 3 nitrogen and oxygen atoms in total. The summed E-state index contributed by atoms with van der Waals surface area (Å²) in [5.41, 5.74) is 3.96. The maximum Gasteiger partial charge on any atom is 0.173 e. The van der Waals surface area contributed by atoms with E-state index in [1.54, 1.807) is 36.9 Å². The molecule has 0 saturated carbocycles. The molecule has 2 atom stereocenters. The van der Waals surface area contributed by atoms with Crippen LogP contribution in [0.15, 0.2) is 89.9 Å². The molecule has 4 rings (SSSR count). The third-order valence-electron chi connectivity index (χ3n) is 7.28. The highest BCUT2D eigenvalue weighted by molar-refractivity contribution is 8.12. The fourth-order valence-corrected chi connectivity index (χ4v) is 8.78. The SMILES string of the molecule is C=CCC(C=C(C)C1=CCC=C(c2ccc(CCC(=CC(C)OC)c3ccc(OC)s3)s2)S1)C=C(C)c1ccc(NC)s1. The van der Waals surface area contributed by atoms with E-state index in [-0.39, 0.29) is 6.10 Å². The van der Waals surface area contributed by atoms with Crippen LogP contribution in [0.3, 0.4) is 0 Å². The van der Waals surface area contributed by atoms with Crippen LogP contribution in [0.5, 0.6) is 5.06 Å². The van der Waals surface area contributed by atoms with Crippen molar-refractivity contribution in [2.24, 2.45) is 5.92 Å². The van der Waals surface area contributed by atoms with Gasteiger partial charge in [0.15, 0.2) is 5.06 Å². The van der Waals surface area contributed by atoms with Crippen LogP contribution in [-0.4, -0.2) is 27.4 Å². The minimum absolute atomic E-state index is 0.0691. The van der Waals surface area contributed by atoms with Gasteiger partial charge in [-0.15, -0.1) is 29.3 Å². The van der Waals surface area contributed by atoms with E-state index in [9.17, 15) is 0 Å². The highest BCUT2D eigenvalue weighted by Crippen LogP contribution is 2.44. The first kappa shape index (κ1) is 33.3. The van der Waals surface area contributed by atoms with Gasteiger partial charge in [-0.05, 0) is 105 Å². The van der Waals surface area contributed by atoms with E-state index in [4.69, 9.17) is 9.47 Å². The summed E-state index contributed by atoms with van der Waals surface area (Å²) in [5, 5.41) is 5.37. The second-order valence-electron chi connectivity index (χ2n) is 10.5. The van der Waals surface area contributed by atoms with E-state index in [1.165, 1.54) is 51.0 Å². The number of anilines is 1. The quantitative estimate of drug-likeness (QED) is 0.166. The minimum atomic E-state index is 0.0691. The van der Waals surface area contributed by atoms with Gasteiger partial charge in [-0.25, -0.2) is 0 Å². The molecule has 228 valence electrons. The molecule has 7 heteroatoms. The minimum Gasteiger partial charge on any atom is -0.487 e. The van der Waals surface area contributed by atoms with Crippen LogP contribution >= 0.6 is 45.8 Å². The lowest BCUT2D eigenvalue weighted by Gasteiger charge is -2.16. The third kappa shape index (κ3) is 9.47. The Morgan fingerprint density at radius 3 is 2.44 bits per heavy atom. The molecular formula is C36H43NO2S4. The normalized spacial score (nSPS) is 16.0. The van der Waals surface area contributed by atoms with Gasteiger partial charge in [0.05, 0.1) is 18.2 Å². The van der Waals surface area contributed by atoms with Gasteiger partial charge in [-0.1, -0.05) is 59.6 Å². The lowest BCUT2D eigenvalue weighted by atomic mass is 9.98. The summed E-state index contributed by atoms with van der Waals surface area (Å²) >= 11 is 7.30. The van der Waals surface area contributed by atoms with Crippen molar-refractivity contribution in [3.05, 3.63) is 109 Å². The van der Waals surface area contributed by atoms with Crippen molar-refractivity contribution in [3.8, 4) is 5.06 Å². The standard InChI is InChI=1S/C36H43NO2S4/c1-8-10-27(22-25(3)31-17-19-35(37-5)42-31)21-24(2)30-11-9-12-33(41-30)34-16-15-29(40-34)14-13-28(23-26(4)38-6)32-18-20-36(39-7)43-32/h8,11-12,15-23,26-27,37H,1,9-10,13-14H2,2-7H3. The van der Waals surface area contributed by atoms with E-state index >= 15 is 0 Å². The van der Waals surface area contributed by atoms with Crippen molar-refractivity contribution in [2.75, 3.05) is 26.6 Å². The summed E-state index contributed by atoms with van der Waals surface area (Å²) in [5.74, 6) is 0.313. The van der Waals surface area contributed by atoms with Crippen molar-refractivity contribution >= 4 is 66.8 Å². The van der Waals surface area contributed by atoms with Gasteiger partial charge in [-0.3, -0.25) is 0 Å². The number of thiophene rings is 3. The van der Waals surface area contributed by atoms with Gasteiger partial charge >= 0.3 is 0 Å². The van der Waals surface area contributed by atoms with Crippen molar-refractivity contribution in [1.29, 1.82) is 0 Å². The zero-order valence-electron chi connectivity index (χ0n) is 26.1. The van der Waals surface area contributed by atoms with Crippen LogP contribution in [0.1, 0.15) is 59.5 Å². The van der Waals surface area contributed by atoms with E-state index in [2.05, 4.69) is 93.4 Å². The first-order chi connectivity index (χ1) is 20.8. The van der Waals surface area contributed by atoms with E-state index in [0.29, 0.717) is 5.92 Å². The molecular weight excluding hydrogens is 607 g/mol. The number of ether oxygens (including phenoxy) is 2. The lowest BCUT2D eigenvalue weighted by Crippen LogP contribution is -2.01.